The lowest BCUT2D eigenvalue weighted by Gasteiger charge is -2.24. The predicted molar refractivity (Wildman–Crippen MR) is 105 cm³/mol. The first-order valence-electron chi connectivity index (χ1n) is 9.11. The number of nitrogen functional groups attached to an aromatic ring is 1. The van der Waals surface area contributed by atoms with Crippen LogP contribution in [-0.4, -0.2) is 43.6 Å². The van der Waals surface area contributed by atoms with Crippen molar-refractivity contribution in [3.8, 4) is 11.1 Å². The molecule has 8 nitrogen and oxygen atoms in total. The van der Waals surface area contributed by atoms with Crippen LogP contribution < -0.4 is 11.1 Å². The molecule has 3 N–H and O–H groups in total. The number of hydrogen-bond acceptors (Lipinski definition) is 6. The number of hydrogen-bond donors (Lipinski definition) is 2. The molecule has 4 heterocycles. The normalized spacial score (nSPS) is 15.6. The Bertz CT molecular complexity index is 1120. The number of ether oxygens (including phenoxy) is 1. The van der Waals surface area contributed by atoms with E-state index in [4.69, 9.17) is 10.5 Å². The summed E-state index contributed by atoms with van der Waals surface area (Å²) in [4.78, 5) is 4.47. The Balaban J connectivity index is 1.59. The van der Waals surface area contributed by atoms with E-state index in [1.165, 1.54) is 0 Å². The van der Waals surface area contributed by atoms with Gasteiger partial charge in [-0.3, -0.25) is 4.68 Å². The van der Waals surface area contributed by atoms with Crippen molar-refractivity contribution in [2.24, 2.45) is 7.05 Å². The highest BCUT2D eigenvalue weighted by atomic mass is 16.5. The third-order valence-corrected chi connectivity index (χ3v) is 5.13. The minimum Gasteiger partial charge on any atom is -0.381 e. The van der Waals surface area contributed by atoms with Crippen molar-refractivity contribution in [2.45, 2.75) is 18.9 Å². The molecule has 1 saturated heterocycles. The van der Waals surface area contributed by atoms with Crippen molar-refractivity contribution in [1.29, 1.82) is 0 Å². The first-order valence-corrected chi connectivity index (χ1v) is 9.11. The molecule has 1 fully saturated rings. The van der Waals surface area contributed by atoms with Gasteiger partial charge in [-0.05, 0) is 42.7 Å². The Labute approximate surface area is 155 Å². The predicted octanol–water partition coefficient (Wildman–Crippen LogP) is 2.46. The van der Waals surface area contributed by atoms with E-state index in [1.807, 2.05) is 24.0 Å². The number of benzene rings is 1. The van der Waals surface area contributed by atoms with E-state index in [0.717, 1.165) is 59.6 Å². The van der Waals surface area contributed by atoms with Crippen LogP contribution in [0.1, 0.15) is 12.8 Å². The summed E-state index contributed by atoms with van der Waals surface area (Å²) in [6.07, 6.45) is 3.82. The molecule has 0 spiro atoms. The molecule has 0 atom stereocenters. The van der Waals surface area contributed by atoms with Crippen LogP contribution in [0.25, 0.3) is 27.7 Å². The standard InChI is InChI=1S/C19H21N7O/c1-25-16-4-2-12(10-13(16)11-21-25)15-3-5-17(22-14-6-8-27-9-7-14)26-18(15)23-19(20)24-26/h2-5,10-11,14,22H,6-9H2,1H3,(H2,20,24). The summed E-state index contributed by atoms with van der Waals surface area (Å²) in [5.41, 5.74) is 9.81. The third-order valence-electron chi connectivity index (χ3n) is 5.13. The van der Waals surface area contributed by atoms with Crippen LogP contribution in [0.3, 0.4) is 0 Å². The molecule has 0 saturated carbocycles. The largest absolute Gasteiger partial charge is 0.381 e. The van der Waals surface area contributed by atoms with Gasteiger partial charge in [-0.15, -0.1) is 5.10 Å². The highest BCUT2D eigenvalue weighted by Gasteiger charge is 2.17. The van der Waals surface area contributed by atoms with E-state index >= 15 is 0 Å². The Morgan fingerprint density at radius 1 is 1.19 bits per heavy atom. The molecule has 0 radical (unpaired) electrons. The van der Waals surface area contributed by atoms with Crippen LogP contribution in [0.5, 0.6) is 0 Å². The number of fused-ring (bicyclic) bond motifs is 2. The zero-order chi connectivity index (χ0) is 18.4. The summed E-state index contributed by atoms with van der Waals surface area (Å²) in [5, 5.41) is 13.4. The van der Waals surface area contributed by atoms with Crippen molar-refractivity contribution >= 4 is 28.3 Å². The second-order valence-corrected chi connectivity index (χ2v) is 6.91. The summed E-state index contributed by atoms with van der Waals surface area (Å²) in [6, 6.07) is 10.7. The Kier molecular flexibility index (Phi) is 3.71. The zero-order valence-electron chi connectivity index (χ0n) is 15.1. The average Bonchev–Trinajstić information content (AvgIpc) is 3.25. The second-order valence-electron chi connectivity index (χ2n) is 6.91. The summed E-state index contributed by atoms with van der Waals surface area (Å²) in [6.45, 7) is 1.56. The van der Waals surface area contributed by atoms with E-state index in [2.05, 4.69) is 44.8 Å². The number of nitrogens with one attached hydrogen (secondary N) is 1. The first kappa shape index (κ1) is 16.1. The molecule has 0 amide bonds. The molecule has 5 rings (SSSR count). The van der Waals surface area contributed by atoms with Crippen LogP contribution in [0.15, 0.2) is 36.5 Å². The van der Waals surface area contributed by atoms with Gasteiger partial charge in [0.05, 0.1) is 11.7 Å². The maximum absolute atomic E-state index is 5.93. The van der Waals surface area contributed by atoms with Crippen molar-refractivity contribution in [3.05, 3.63) is 36.5 Å². The summed E-state index contributed by atoms with van der Waals surface area (Å²) in [5.74, 6) is 1.16. The molecular weight excluding hydrogens is 342 g/mol. The lowest BCUT2D eigenvalue weighted by Crippen LogP contribution is -2.28. The Hall–Kier alpha value is -3.13. The van der Waals surface area contributed by atoms with Crippen LogP contribution in [0.4, 0.5) is 11.8 Å². The topological polar surface area (TPSA) is 95.3 Å². The van der Waals surface area contributed by atoms with E-state index in [0.29, 0.717) is 6.04 Å². The molecule has 0 aliphatic carbocycles. The second kappa shape index (κ2) is 6.24. The smallest absolute Gasteiger partial charge is 0.240 e. The van der Waals surface area contributed by atoms with E-state index in [-0.39, 0.29) is 5.95 Å². The third kappa shape index (κ3) is 2.78. The van der Waals surface area contributed by atoms with Gasteiger partial charge < -0.3 is 15.8 Å². The van der Waals surface area contributed by atoms with Gasteiger partial charge in [-0.25, -0.2) is 0 Å². The molecule has 8 heteroatoms. The molecule has 3 aromatic heterocycles. The zero-order valence-corrected chi connectivity index (χ0v) is 15.1. The molecule has 1 aliphatic rings. The van der Waals surface area contributed by atoms with Crippen molar-refractivity contribution in [2.75, 3.05) is 24.3 Å². The summed E-state index contributed by atoms with van der Waals surface area (Å²) in [7, 11) is 1.94. The summed E-state index contributed by atoms with van der Waals surface area (Å²) < 4.78 is 9.11. The first-order chi connectivity index (χ1) is 13.2. The van der Waals surface area contributed by atoms with Gasteiger partial charge in [0.25, 0.3) is 0 Å². The number of aromatic nitrogens is 5. The lowest BCUT2D eigenvalue weighted by atomic mass is 10.0. The molecule has 138 valence electrons. The van der Waals surface area contributed by atoms with E-state index in [1.54, 1.807) is 4.52 Å². The van der Waals surface area contributed by atoms with Gasteiger partial charge in [0.2, 0.25) is 5.95 Å². The number of aryl methyl sites for hydroxylation is 1. The van der Waals surface area contributed by atoms with E-state index in [9.17, 15) is 0 Å². The van der Waals surface area contributed by atoms with Gasteiger partial charge in [0.1, 0.15) is 5.82 Å². The van der Waals surface area contributed by atoms with Crippen LogP contribution in [-0.2, 0) is 11.8 Å². The SMILES string of the molecule is Cn1ncc2cc(-c3ccc(NC4CCOCC4)n4nc(N)nc34)ccc21. The Morgan fingerprint density at radius 3 is 2.89 bits per heavy atom. The molecule has 1 aliphatic heterocycles. The highest BCUT2D eigenvalue weighted by molar-refractivity contribution is 5.88. The van der Waals surface area contributed by atoms with Crippen LogP contribution in [0.2, 0.25) is 0 Å². The minimum atomic E-state index is 0.264. The van der Waals surface area contributed by atoms with Gasteiger partial charge in [0, 0.05) is 37.3 Å². The van der Waals surface area contributed by atoms with Crippen molar-refractivity contribution in [3.63, 3.8) is 0 Å². The maximum atomic E-state index is 5.93. The maximum Gasteiger partial charge on any atom is 0.240 e. The van der Waals surface area contributed by atoms with Gasteiger partial charge in [-0.1, -0.05) is 6.07 Å². The van der Waals surface area contributed by atoms with Crippen molar-refractivity contribution < 1.29 is 4.74 Å². The van der Waals surface area contributed by atoms with Gasteiger partial charge in [0.15, 0.2) is 5.65 Å². The molecule has 27 heavy (non-hydrogen) atoms. The average molecular weight is 363 g/mol. The summed E-state index contributed by atoms with van der Waals surface area (Å²) >= 11 is 0. The molecule has 0 unspecified atom stereocenters. The molecule has 4 aromatic rings. The molecular formula is C19H21N7O. The Morgan fingerprint density at radius 2 is 2.04 bits per heavy atom. The van der Waals surface area contributed by atoms with Crippen LogP contribution in [0, 0.1) is 0 Å². The number of pyridine rings is 1. The van der Waals surface area contributed by atoms with Gasteiger partial charge in [-0.2, -0.15) is 14.6 Å². The molecule has 0 bridgehead atoms. The number of nitrogens with zero attached hydrogens (tertiary/aromatic N) is 5. The van der Waals surface area contributed by atoms with E-state index < -0.39 is 0 Å². The number of nitrogens with two attached hydrogens (primary N) is 1. The quantitative estimate of drug-likeness (QED) is 0.580. The fraction of sp³-hybridized carbons (Fsp3) is 0.316. The minimum absolute atomic E-state index is 0.264. The van der Waals surface area contributed by atoms with Crippen molar-refractivity contribution in [1.82, 2.24) is 24.4 Å². The van der Waals surface area contributed by atoms with Gasteiger partial charge >= 0.3 is 0 Å². The van der Waals surface area contributed by atoms with Crippen LogP contribution >= 0.6 is 0 Å². The lowest BCUT2D eigenvalue weighted by molar-refractivity contribution is 0.0903. The molecule has 1 aromatic carbocycles. The monoisotopic (exact) mass is 363 g/mol. The highest BCUT2D eigenvalue weighted by Crippen LogP contribution is 2.30. The fourth-order valence-corrected chi connectivity index (χ4v) is 3.69. The fourth-order valence-electron chi connectivity index (χ4n) is 3.69. The number of anilines is 2. The number of rotatable bonds is 3.